The van der Waals surface area contributed by atoms with Crippen LogP contribution in [0.1, 0.15) is 24.4 Å². The molecule has 2 rings (SSSR count). The Morgan fingerprint density at radius 1 is 1.14 bits per heavy atom. The van der Waals surface area contributed by atoms with Crippen molar-refractivity contribution in [3.05, 3.63) is 42.0 Å². The molecule has 0 aromatic heterocycles. The first-order chi connectivity index (χ1) is 10.3. The van der Waals surface area contributed by atoms with Crippen molar-refractivity contribution in [3.8, 4) is 5.75 Å². The molecular formula is C17H24N2O2. The van der Waals surface area contributed by atoms with Gasteiger partial charge in [-0.2, -0.15) is 0 Å². The minimum atomic E-state index is 0.111. The summed E-state index contributed by atoms with van der Waals surface area (Å²) >= 11 is 0. The van der Waals surface area contributed by atoms with Gasteiger partial charge in [0.2, 0.25) is 0 Å². The number of aliphatic hydroxyl groups excluding tert-OH is 1. The number of nitrogens with two attached hydrogens (primary N) is 1. The maximum atomic E-state index is 8.84. The van der Waals surface area contributed by atoms with E-state index in [4.69, 9.17) is 15.6 Å². The first-order valence-electron chi connectivity index (χ1n) is 7.41. The molecule has 0 bridgehead atoms. The summed E-state index contributed by atoms with van der Waals surface area (Å²) in [5.41, 5.74) is 7.13. The Kier molecular flexibility index (Phi) is 5.99. The van der Waals surface area contributed by atoms with Crippen LogP contribution in [0.4, 0.5) is 0 Å². The SMILES string of the molecule is COc1ccc(C(CN)NCCCCO)c2ccccc12. The van der Waals surface area contributed by atoms with Crippen LogP contribution in [0.25, 0.3) is 10.8 Å². The van der Waals surface area contributed by atoms with Gasteiger partial charge in [0.25, 0.3) is 0 Å². The van der Waals surface area contributed by atoms with E-state index in [1.807, 2.05) is 18.2 Å². The predicted molar refractivity (Wildman–Crippen MR) is 86.6 cm³/mol. The van der Waals surface area contributed by atoms with Crippen LogP contribution in [0.5, 0.6) is 5.75 Å². The Bertz CT molecular complexity index is 572. The Balaban J connectivity index is 2.27. The second-order valence-electron chi connectivity index (χ2n) is 5.08. The molecule has 2 aromatic carbocycles. The molecule has 0 spiro atoms. The lowest BCUT2D eigenvalue weighted by molar-refractivity contribution is 0.282. The van der Waals surface area contributed by atoms with Gasteiger partial charge in [0.15, 0.2) is 0 Å². The average Bonchev–Trinajstić information content (AvgIpc) is 2.54. The van der Waals surface area contributed by atoms with Crippen LogP contribution in [-0.4, -0.2) is 31.9 Å². The fraction of sp³-hybridized carbons (Fsp3) is 0.412. The lowest BCUT2D eigenvalue weighted by Gasteiger charge is -2.20. The Hall–Kier alpha value is -1.62. The fourth-order valence-corrected chi connectivity index (χ4v) is 2.61. The Morgan fingerprint density at radius 3 is 2.57 bits per heavy atom. The zero-order valence-electron chi connectivity index (χ0n) is 12.5. The molecule has 0 radical (unpaired) electrons. The number of fused-ring (bicyclic) bond motifs is 1. The number of unbranched alkanes of at least 4 members (excludes halogenated alkanes) is 1. The van der Waals surface area contributed by atoms with Crippen molar-refractivity contribution in [3.63, 3.8) is 0 Å². The molecule has 0 saturated carbocycles. The van der Waals surface area contributed by atoms with Gasteiger partial charge in [0.05, 0.1) is 7.11 Å². The van der Waals surface area contributed by atoms with E-state index in [2.05, 4.69) is 23.5 Å². The van der Waals surface area contributed by atoms with Crippen LogP contribution in [0.15, 0.2) is 36.4 Å². The molecule has 4 nitrogen and oxygen atoms in total. The summed E-state index contributed by atoms with van der Waals surface area (Å²) in [5.74, 6) is 0.880. The molecule has 0 aliphatic carbocycles. The summed E-state index contributed by atoms with van der Waals surface area (Å²) in [6, 6.07) is 12.4. The normalized spacial score (nSPS) is 12.5. The summed E-state index contributed by atoms with van der Waals surface area (Å²) in [7, 11) is 1.69. The van der Waals surface area contributed by atoms with Crippen molar-refractivity contribution < 1.29 is 9.84 Å². The largest absolute Gasteiger partial charge is 0.496 e. The number of benzene rings is 2. The number of nitrogens with one attached hydrogen (secondary N) is 1. The van der Waals surface area contributed by atoms with Crippen molar-refractivity contribution in [2.75, 3.05) is 26.8 Å². The summed E-state index contributed by atoms with van der Waals surface area (Å²) in [6.07, 6.45) is 1.76. The molecule has 4 N–H and O–H groups in total. The van der Waals surface area contributed by atoms with E-state index in [0.29, 0.717) is 6.54 Å². The second kappa shape index (κ2) is 7.98. The van der Waals surface area contributed by atoms with Crippen LogP contribution < -0.4 is 15.8 Å². The summed E-state index contributed by atoms with van der Waals surface area (Å²) < 4.78 is 5.43. The third kappa shape index (κ3) is 3.73. The molecule has 4 heteroatoms. The lowest BCUT2D eigenvalue weighted by atomic mass is 9.98. The van der Waals surface area contributed by atoms with Gasteiger partial charge in [-0.1, -0.05) is 30.3 Å². The zero-order valence-corrected chi connectivity index (χ0v) is 12.5. The number of ether oxygens (including phenoxy) is 1. The number of methoxy groups -OCH3 is 1. The highest BCUT2D eigenvalue weighted by atomic mass is 16.5. The third-order valence-corrected chi connectivity index (χ3v) is 3.72. The maximum absolute atomic E-state index is 8.84. The highest BCUT2D eigenvalue weighted by Crippen LogP contribution is 2.31. The molecule has 0 aliphatic rings. The maximum Gasteiger partial charge on any atom is 0.126 e. The molecule has 0 amide bonds. The van der Waals surface area contributed by atoms with E-state index in [1.165, 1.54) is 10.9 Å². The van der Waals surface area contributed by atoms with E-state index in [0.717, 1.165) is 30.5 Å². The van der Waals surface area contributed by atoms with Gasteiger partial charge in [-0.05, 0) is 36.4 Å². The second-order valence-corrected chi connectivity index (χ2v) is 5.08. The van der Waals surface area contributed by atoms with Gasteiger partial charge in [0, 0.05) is 24.6 Å². The van der Waals surface area contributed by atoms with Crippen LogP contribution in [-0.2, 0) is 0 Å². The molecule has 1 unspecified atom stereocenters. The lowest BCUT2D eigenvalue weighted by Crippen LogP contribution is -2.29. The van der Waals surface area contributed by atoms with Crippen molar-refractivity contribution in [2.24, 2.45) is 5.73 Å². The van der Waals surface area contributed by atoms with Crippen LogP contribution >= 0.6 is 0 Å². The Labute approximate surface area is 125 Å². The molecule has 0 saturated heterocycles. The van der Waals surface area contributed by atoms with E-state index >= 15 is 0 Å². The topological polar surface area (TPSA) is 67.5 Å². The van der Waals surface area contributed by atoms with Gasteiger partial charge in [-0.3, -0.25) is 0 Å². The molecule has 1 atom stereocenters. The number of hydrogen-bond acceptors (Lipinski definition) is 4. The molecule has 0 aliphatic heterocycles. The molecule has 0 heterocycles. The van der Waals surface area contributed by atoms with E-state index in [1.54, 1.807) is 7.11 Å². The zero-order chi connectivity index (χ0) is 15.1. The Morgan fingerprint density at radius 2 is 1.90 bits per heavy atom. The number of hydrogen-bond donors (Lipinski definition) is 3. The minimum absolute atomic E-state index is 0.111. The molecule has 0 fully saturated rings. The van der Waals surface area contributed by atoms with Crippen LogP contribution in [0.2, 0.25) is 0 Å². The van der Waals surface area contributed by atoms with Crippen LogP contribution in [0, 0.1) is 0 Å². The molecule has 2 aromatic rings. The van der Waals surface area contributed by atoms with Gasteiger partial charge in [0.1, 0.15) is 5.75 Å². The number of rotatable bonds is 8. The highest BCUT2D eigenvalue weighted by molar-refractivity contribution is 5.91. The summed E-state index contributed by atoms with van der Waals surface area (Å²) in [4.78, 5) is 0. The van der Waals surface area contributed by atoms with E-state index in [9.17, 15) is 0 Å². The first kappa shape index (κ1) is 15.8. The summed E-state index contributed by atoms with van der Waals surface area (Å²) in [5, 5.41) is 14.6. The fourth-order valence-electron chi connectivity index (χ4n) is 2.61. The first-order valence-corrected chi connectivity index (χ1v) is 7.41. The van der Waals surface area contributed by atoms with Gasteiger partial charge in [-0.25, -0.2) is 0 Å². The minimum Gasteiger partial charge on any atom is -0.496 e. The van der Waals surface area contributed by atoms with Crippen molar-refractivity contribution in [1.29, 1.82) is 0 Å². The van der Waals surface area contributed by atoms with E-state index in [-0.39, 0.29) is 12.6 Å². The molecular weight excluding hydrogens is 264 g/mol. The standard InChI is InChI=1S/C17H24N2O2/c1-21-17-9-8-14(13-6-2-3-7-15(13)17)16(12-18)19-10-4-5-11-20/h2-3,6-9,16,19-20H,4-5,10-12,18H2,1H3. The summed E-state index contributed by atoms with van der Waals surface area (Å²) in [6.45, 7) is 1.62. The number of aliphatic hydroxyl groups is 1. The average molecular weight is 288 g/mol. The van der Waals surface area contributed by atoms with Crippen LogP contribution in [0.3, 0.4) is 0 Å². The third-order valence-electron chi connectivity index (χ3n) is 3.72. The quantitative estimate of drug-likeness (QED) is 0.652. The molecule has 21 heavy (non-hydrogen) atoms. The van der Waals surface area contributed by atoms with Crippen molar-refractivity contribution >= 4 is 10.8 Å². The van der Waals surface area contributed by atoms with Gasteiger partial charge < -0.3 is 20.9 Å². The predicted octanol–water partition coefficient (Wildman–Crippen LogP) is 2.21. The molecule has 114 valence electrons. The van der Waals surface area contributed by atoms with Gasteiger partial charge in [-0.15, -0.1) is 0 Å². The van der Waals surface area contributed by atoms with Crippen molar-refractivity contribution in [1.82, 2.24) is 5.32 Å². The van der Waals surface area contributed by atoms with Crippen molar-refractivity contribution in [2.45, 2.75) is 18.9 Å². The van der Waals surface area contributed by atoms with Gasteiger partial charge >= 0.3 is 0 Å². The highest BCUT2D eigenvalue weighted by Gasteiger charge is 2.14. The van der Waals surface area contributed by atoms with E-state index < -0.39 is 0 Å². The smallest absolute Gasteiger partial charge is 0.126 e. The monoisotopic (exact) mass is 288 g/mol.